The van der Waals surface area contributed by atoms with E-state index in [0.717, 1.165) is 12.8 Å². The molecule has 0 heterocycles. The molecule has 1 atom stereocenters. The summed E-state index contributed by atoms with van der Waals surface area (Å²) < 4.78 is 0. The van der Waals surface area contributed by atoms with Gasteiger partial charge in [0.05, 0.1) is 0 Å². The molecule has 0 aliphatic rings. The third-order valence-electron chi connectivity index (χ3n) is 3.05. The molecule has 0 saturated heterocycles. The molecule has 0 aromatic heterocycles. The van der Waals surface area contributed by atoms with Crippen LogP contribution < -0.4 is 11.1 Å². The predicted octanol–water partition coefficient (Wildman–Crippen LogP) is 1.71. The maximum absolute atomic E-state index is 10.6. The lowest BCUT2D eigenvalue weighted by atomic mass is 9.92. The van der Waals surface area contributed by atoms with E-state index in [1.54, 1.807) is 0 Å². The minimum absolute atomic E-state index is 0. The Morgan fingerprint density at radius 2 is 2.00 bits per heavy atom. The van der Waals surface area contributed by atoms with Gasteiger partial charge >= 0.3 is 5.97 Å². The van der Waals surface area contributed by atoms with Crippen LogP contribution in [0.4, 0.5) is 0 Å². The van der Waals surface area contributed by atoms with Crippen molar-refractivity contribution in [2.24, 2.45) is 5.73 Å². The molecule has 0 aromatic carbocycles. The molecule has 4 nitrogen and oxygen atoms in total. The van der Waals surface area contributed by atoms with Crippen LogP contribution in [0.3, 0.4) is 0 Å². The molecule has 1 unspecified atom stereocenters. The zero-order valence-corrected chi connectivity index (χ0v) is 11.3. The van der Waals surface area contributed by atoms with Gasteiger partial charge in [-0.3, -0.25) is 0 Å². The number of hydrogen-bond donors (Lipinski definition) is 3. The van der Waals surface area contributed by atoms with Gasteiger partial charge in [0.2, 0.25) is 0 Å². The third kappa shape index (κ3) is 5.35. The van der Waals surface area contributed by atoms with Crippen molar-refractivity contribution in [2.45, 2.75) is 38.3 Å². The molecule has 0 bridgehead atoms. The summed E-state index contributed by atoms with van der Waals surface area (Å²) in [5, 5.41) is 12.0. The Labute approximate surface area is 109 Å². The van der Waals surface area contributed by atoms with Crippen molar-refractivity contribution in [3.05, 3.63) is 24.8 Å². The monoisotopic (exact) mass is 262 g/mol. The normalized spacial score (nSPS) is 12.4. The number of nitrogens with one attached hydrogen (secondary N) is 1. The Balaban J connectivity index is 0. The van der Waals surface area contributed by atoms with Gasteiger partial charge in [0.15, 0.2) is 0 Å². The second-order valence-corrected chi connectivity index (χ2v) is 3.89. The number of halogens is 1. The Kier molecular flexibility index (Phi) is 9.02. The van der Waals surface area contributed by atoms with E-state index in [-0.39, 0.29) is 23.5 Å². The molecule has 5 heteroatoms. The third-order valence-corrected chi connectivity index (χ3v) is 3.05. The van der Waals surface area contributed by atoms with E-state index in [0.29, 0.717) is 6.54 Å². The van der Waals surface area contributed by atoms with Gasteiger partial charge in [0.25, 0.3) is 0 Å². The molecule has 0 rings (SSSR count). The van der Waals surface area contributed by atoms with Crippen LogP contribution >= 0.6 is 12.4 Å². The van der Waals surface area contributed by atoms with Gasteiger partial charge < -0.3 is 16.2 Å². The average Bonchev–Trinajstić information content (AvgIpc) is 2.30. The molecule has 0 aliphatic heterocycles. The second kappa shape index (κ2) is 8.28. The number of carboxylic acid groups (broad SMARTS) is 1. The molecule has 17 heavy (non-hydrogen) atoms. The fourth-order valence-corrected chi connectivity index (χ4v) is 1.46. The van der Waals surface area contributed by atoms with Gasteiger partial charge in [0, 0.05) is 23.7 Å². The summed E-state index contributed by atoms with van der Waals surface area (Å²) in [5.74, 6) is -1.05. The van der Waals surface area contributed by atoms with Crippen LogP contribution in [0.1, 0.15) is 26.7 Å². The first-order valence-electron chi connectivity index (χ1n) is 5.48. The summed E-state index contributed by atoms with van der Waals surface area (Å²) in [5.41, 5.74) is 5.57. The lowest BCUT2D eigenvalue weighted by Crippen LogP contribution is -2.48. The lowest BCUT2D eigenvalue weighted by molar-refractivity contribution is -0.132. The van der Waals surface area contributed by atoms with E-state index in [1.165, 1.54) is 0 Å². The number of aliphatic carboxylic acids is 1. The van der Waals surface area contributed by atoms with Crippen molar-refractivity contribution in [3.63, 3.8) is 0 Å². The zero-order chi connectivity index (χ0) is 12.8. The van der Waals surface area contributed by atoms with Gasteiger partial charge in [0.1, 0.15) is 0 Å². The van der Waals surface area contributed by atoms with Gasteiger partial charge in [-0.2, -0.15) is 0 Å². The second-order valence-electron chi connectivity index (χ2n) is 3.89. The summed E-state index contributed by atoms with van der Waals surface area (Å²) >= 11 is 0. The summed E-state index contributed by atoms with van der Waals surface area (Å²) in [7, 11) is 0. The van der Waals surface area contributed by atoms with Crippen molar-refractivity contribution in [2.75, 3.05) is 6.54 Å². The Morgan fingerprint density at radius 3 is 2.29 bits per heavy atom. The standard InChI is InChI=1S/C12H22N2O2.ClH/c1-5-12(6-2,7-3)14-8-10(13)9(4)11(15)16;/h5,10,14H,1,4,6-8,13H2,2-3H3,(H,15,16);1H. The van der Waals surface area contributed by atoms with Crippen LogP contribution in [0, 0.1) is 0 Å². The van der Waals surface area contributed by atoms with Crippen LogP contribution in [-0.4, -0.2) is 29.2 Å². The van der Waals surface area contributed by atoms with Crippen LogP contribution in [0.2, 0.25) is 0 Å². The SMILES string of the molecule is C=CC(CC)(CC)NCC(N)C(=C)C(=O)O.Cl. The van der Waals surface area contributed by atoms with Crippen molar-refractivity contribution in [3.8, 4) is 0 Å². The highest BCUT2D eigenvalue weighted by atomic mass is 35.5. The molecule has 0 spiro atoms. The minimum Gasteiger partial charge on any atom is -0.478 e. The molecule has 0 radical (unpaired) electrons. The summed E-state index contributed by atoms with van der Waals surface area (Å²) in [6.07, 6.45) is 3.63. The molecule has 0 aliphatic carbocycles. The van der Waals surface area contributed by atoms with E-state index in [1.807, 2.05) is 6.08 Å². The topological polar surface area (TPSA) is 75.3 Å². The molecule has 0 fully saturated rings. The van der Waals surface area contributed by atoms with Gasteiger partial charge in [-0.15, -0.1) is 19.0 Å². The van der Waals surface area contributed by atoms with E-state index in [9.17, 15) is 4.79 Å². The quantitative estimate of drug-likeness (QED) is 0.460. The first-order valence-corrected chi connectivity index (χ1v) is 5.48. The Hall–Kier alpha value is -0.840. The van der Waals surface area contributed by atoms with E-state index < -0.39 is 12.0 Å². The maximum Gasteiger partial charge on any atom is 0.332 e. The molecule has 4 N–H and O–H groups in total. The van der Waals surface area contributed by atoms with E-state index in [4.69, 9.17) is 10.8 Å². The highest BCUT2D eigenvalue weighted by molar-refractivity contribution is 5.87. The lowest BCUT2D eigenvalue weighted by Gasteiger charge is -2.31. The van der Waals surface area contributed by atoms with E-state index in [2.05, 4.69) is 32.3 Å². The summed E-state index contributed by atoms with van der Waals surface area (Å²) in [4.78, 5) is 10.6. The number of hydrogen-bond acceptors (Lipinski definition) is 3. The Bertz CT molecular complexity index is 276. The highest BCUT2D eigenvalue weighted by Gasteiger charge is 2.23. The zero-order valence-electron chi connectivity index (χ0n) is 10.5. The van der Waals surface area contributed by atoms with Gasteiger partial charge in [-0.05, 0) is 12.8 Å². The summed E-state index contributed by atoms with van der Waals surface area (Å²) in [6.45, 7) is 11.7. The van der Waals surface area contributed by atoms with Crippen molar-refractivity contribution >= 4 is 18.4 Å². The minimum atomic E-state index is -1.05. The van der Waals surface area contributed by atoms with Crippen LogP contribution in [0.5, 0.6) is 0 Å². The number of carbonyl (C=O) groups is 1. The molecular weight excluding hydrogens is 240 g/mol. The first-order chi connectivity index (χ1) is 7.42. The Morgan fingerprint density at radius 1 is 1.53 bits per heavy atom. The molecule has 0 aromatic rings. The number of carboxylic acids is 1. The summed E-state index contributed by atoms with van der Waals surface area (Å²) in [6, 6.07) is -0.574. The number of rotatable bonds is 8. The first kappa shape index (κ1) is 18.5. The maximum atomic E-state index is 10.6. The van der Waals surface area contributed by atoms with Crippen LogP contribution in [-0.2, 0) is 4.79 Å². The van der Waals surface area contributed by atoms with Crippen molar-refractivity contribution in [1.82, 2.24) is 5.32 Å². The number of nitrogens with two attached hydrogens (primary N) is 1. The average molecular weight is 263 g/mol. The van der Waals surface area contributed by atoms with Crippen molar-refractivity contribution in [1.29, 1.82) is 0 Å². The molecule has 0 amide bonds. The smallest absolute Gasteiger partial charge is 0.332 e. The van der Waals surface area contributed by atoms with Crippen LogP contribution in [0.15, 0.2) is 24.8 Å². The van der Waals surface area contributed by atoms with Gasteiger partial charge in [-0.25, -0.2) is 4.79 Å². The molecule has 100 valence electrons. The molecular formula is C12H23ClN2O2. The van der Waals surface area contributed by atoms with Crippen LogP contribution in [0.25, 0.3) is 0 Å². The fraction of sp³-hybridized carbons (Fsp3) is 0.583. The van der Waals surface area contributed by atoms with Crippen molar-refractivity contribution < 1.29 is 9.90 Å². The highest BCUT2D eigenvalue weighted by Crippen LogP contribution is 2.16. The largest absolute Gasteiger partial charge is 0.478 e. The van der Waals surface area contributed by atoms with Gasteiger partial charge in [-0.1, -0.05) is 26.5 Å². The molecule has 0 saturated carbocycles. The fourth-order valence-electron chi connectivity index (χ4n) is 1.46. The predicted molar refractivity (Wildman–Crippen MR) is 73.5 cm³/mol. The van der Waals surface area contributed by atoms with E-state index >= 15 is 0 Å².